The van der Waals surface area contributed by atoms with Crippen molar-refractivity contribution >= 4 is 0 Å². The summed E-state index contributed by atoms with van der Waals surface area (Å²) in [6.07, 6.45) is 8.78. The van der Waals surface area contributed by atoms with Crippen LogP contribution < -0.4 is 0 Å². The molecule has 2 saturated carbocycles. The van der Waals surface area contributed by atoms with Crippen molar-refractivity contribution in [2.24, 2.45) is 11.3 Å². The van der Waals surface area contributed by atoms with Crippen LogP contribution in [0.4, 0.5) is 0 Å². The Hall–Kier alpha value is -0.990. The van der Waals surface area contributed by atoms with E-state index in [0.717, 1.165) is 25.7 Å². The van der Waals surface area contributed by atoms with Crippen molar-refractivity contribution in [3.63, 3.8) is 0 Å². The number of nitrogens with zero attached hydrogens (tertiary/aromatic N) is 1. The third kappa shape index (κ3) is 0.737. The first-order valence-corrected chi connectivity index (χ1v) is 4.30. The Morgan fingerprint density at radius 3 is 2.33 bits per heavy atom. The smallest absolute Gasteiger partial charge is 0.146 e. The van der Waals surface area contributed by atoms with Gasteiger partial charge in [-0.2, -0.15) is 5.26 Å². The number of hydrogen-bond acceptors (Lipinski definition) is 2. The Kier molecular flexibility index (Phi) is 1.29. The lowest BCUT2D eigenvalue weighted by molar-refractivity contribution is 0.0268. The lowest BCUT2D eigenvalue weighted by Crippen LogP contribution is -2.39. The molecule has 0 aromatic heterocycles. The van der Waals surface area contributed by atoms with Gasteiger partial charge in [0.2, 0.25) is 0 Å². The zero-order valence-electron chi connectivity index (χ0n) is 6.88. The number of terminal acetylenes is 1. The van der Waals surface area contributed by atoms with E-state index in [1.165, 1.54) is 0 Å². The van der Waals surface area contributed by atoms with Gasteiger partial charge in [-0.3, -0.25) is 0 Å². The summed E-state index contributed by atoms with van der Waals surface area (Å²) in [6, 6.07) is 2.17. The van der Waals surface area contributed by atoms with Crippen LogP contribution in [0.5, 0.6) is 0 Å². The molecule has 0 radical (unpaired) electrons. The molecular weight excluding hydrogens is 150 g/mol. The molecule has 2 rings (SSSR count). The van der Waals surface area contributed by atoms with Gasteiger partial charge in [-0.15, -0.1) is 6.42 Å². The second-order valence-corrected chi connectivity index (χ2v) is 3.88. The van der Waals surface area contributed by atoms with Crippen LogP contribution in [0.1, 0.15) is 25.7 Å². The molecule has 1 atom stereocenters. The first kappa shape index (κ1) is 7.65. The van der Waals surface area contributed by atoms with Crippen LogP contribution in [-0.4, -0.2) is 10.7 Å². The molecule has 62 valence electrons. The molecule has 0 unspecified atom stereocenters. The minimum atomic E-state index is -1.12. The Labute approximate surface area is 72.2 Å². The minimum absolute atomic E-state index is 0.185. The molecule has 0 heterocycles. The van der Waals surface area contributed by atoms with Gasteiger partial charge in [-0.25, -0.2) is 0 Å². The predicted octanol–water partition coefficient (Wildman–Crippen LogP) is 1.06. The van der Waals surface area contributed by atoms with E-state index in [4.69, 9.17) is 11.7 Å². The second-order valence-electron chi connectivity index (χ2n) is 3.88. The van der Waals surface area contributed by atoms with E-state index in [1.807, 2.05) is 0 Å². The van der Waals surface area contributed by atoms with Crippen LogP contribution in [0.15, 0.2) is 0 Å². The summed E-state index contributed by atoms with van der Waals surface area (Å²) < 4.78 is 0. The van der Waals surface area contributed by atoms with E-state index in [1.54, 1.807) is 0 Å². The maximum atomic E-state index is 10.1. The van der Waals surface area contributed by atoms with Gasteiger partial charge in [0, 0.05) is 5.92 Å². The van der Waals surface area contributed by atoms with Gasteiger partial charge in [0.05, 0.1) is 11.5 Å². The van der Waals surface area contributed by atoms with Gasteiger partial charge in [-0.05, 0) is 25.7 Å². The zero-order valence-corrected chi connectivity index (χ0v) is 6.88. The van der Waals surface area contributed by atoms with Crippen molar-refractivity contribution in [3.05, 3.63) is 0 Å². The highest BCUT2D eigenvalue weighted by Crippen LogP contribution is 2.60. The predicted molar refractivity (Wildman–Crippen MR) is 43.8 cm³/mol. The molecule has 0 aliphatic heterocycles. The third-order valence-electron chi connectivity index (χ3n) is 3.08. The van der Waals surface area contributed by atoms with E-state index in [2.05, 4.69) is 12.0 Å². The van der Waals surface area contributed by atoms with Gasteiger partial charge < -0.3 is 5.11 Å². The van der Waals surface area contributed by atoms with Crippen LogP contribution >= 0.6 is 0 Å². The van der Waals surface area contributed by atoms with E-state index in [0.29, 0.717) is 0 Å². The third-order valence-corrected chi connectivity index (χ3v) is 3.08. The summed E-state index contributed by atoms with van der Waals surface area (Å²) in [6.45, 7) is 0. The molecular formula is C10H11NO. The fourth-order valence-electron chi connectivity index (χ4n) is 1.85. The molecule has 2 fully saturated rings. The standard InChI is InChI=1S/C10H11NO/c1-2-10(12,8-3-4-8)9(7-11)5-6-9/h1,8,12H,3-6H2/t10-/m0/s1. The first-order valence-electron chi connectivity index (χ1n) is 4.30. The molecule has 12 heavy (non-hydrogen) atoms. The Bertz CT molecular complexity index is 288. The monoisotopic (exact) mass is 161 g/mol. The summed E-state index contributed by atoms with van der Waals surface area (Å²) in [5, 5.41) is 19.0. The van der Waals surface area contributed by atoms with Crippen LogP contribution in [0.25, 0.3) is 0 Å². The van der Waals surface area contributed by atoms with Crippen LogP contribution in [-0.2, 0) is 0 Å². The molecule has 2 nitrogen and oxygen atoms in total. The highest BCUT2D eigenvalue weighted by Gasteiger charge is 2.64. The van der Waals surface area contributed by atoms with Crippen LogP contribution in [0, 0.1) is 35.0 Å². The molecule has 0 amide bonds. The summed E-state index contributed by atoms with van der Waals surface area (Å²) in [7, 11) is 0. The fourth-order valence-corrected chi connectivity index (χ4v) is 1.85. The normalized spacial score (nSPS) is 29.6. The summed E-state index contributed by atoms with van der Waals surface area (Å²) in [5.41, 5.74) is -1.72. The molecule has 0 bridgehead atoms. The number of aliphatic hydroxyl groups is 1. The van der Waals surface area contributed by atoms with Gasteiger partial charge in [0.25, 0.3) is 0 Å². The SMILES string of the molecule is C#C[C@](O)(C1CC1)C1(C#N)CC1. The molecule has 1 N–H and O–H groups in total. The van der Waals surface area contributed by atoms with Crippen LogP contribution in [0.2, 0.25) is 0 Å². The maximum Gasteiger partial charge on any atom is 0.146 e. The molecule has 2 aliphatic rings. The lowest BCUT2D eigenvalue weighted by atomic mass is 9.82. The first-order chi connectivity index (χ1) is 5.68. The van der Waals surface area contributed by atoms with E-state index in [-0.39, 0.29) is 5.92 Å². The minimum Gasteiger partial charge on any atom is -0.376 e. The number of rotatable bonds is 2. The molecule has 2 heteroatoms. The van der Waals surface area contributed by atoms with E-state index < -0.39 is 11.0 Å². The van der Waals surface area contributed by atoms with Crippen molar-refractivity contribution in [1.29, 1.82) is 5.26 Å². The second kappa shape index (κ2) is 2.03. The van der Waals surface area contributed by atoms with Gasteiger partial charge >= 0.3 is 0 Å². The van der Waals surface area contributed by atoms with Crippen molar-refractivity contribution in [1.82, 2.24) is 0 Å². The lowest BCUT2D eigenvalue weighted by Gasteiger charge is -2.26. The van der Waals surface area contributed by atoms with E-state index in [9.17, 15) is 5.11 Å². The maximum absolute atomic E-state index is 10.1. The van der Waals surface area contributed by atoms with Crippen LogP contribution in [0.3, 0.4) is 0 Å². The molecule has 0 aromatic carbocycles. The molecule has 0 saturated heterocycles. The van der Waals surface area contributed by atoms with E-state index >= 15 is 0 Å². The summed E-state index contributed by atoms with van der Waals surface area (Å²) in [4.78, 5) is 0. The number of hydrogen-bond donors (Lipinski definition) is 1. The topological polar surface area (TPSA) is 44.0 Å². The summed E-state index contributed by atoms with van der Waals surface area (Å²) in [5.74, 6) is 2.61. The average molecular weight is 161 g/mol. The van der Waals surface area contributed by atoms with Gasteiger partial charge in [0.1, 0.15) is 5.60 Å². The van der Waals surface area contributed by atoms with Crippen molar-refractivity contribution in [2.75, 3.05) is 0 Å². The largest absolute Gasteiger partial charge is 0.376 e. The fraction of sp³-hybridized carbons (Fsp3) is 0.700. The highest BCUT2D eigenvalue weighted by molar-refractivity contribution is 5.32. The molecule has 2 aliphatic carbocycles. The van der Waals surface area contributed by atoms with Crippen molar-refractivity contribution in [2.45, 2.75) is 31.3 Å². The quantitative estimate of drug-likeness (QED) is 0.615. The van der Waals surface area contributed by atoms with Crippen molar-refractivity contribution < 1.29 is 5.11 Å². The highest BCUT2D eigenvalue weighted by atomic mass is 16.3. The van der Waals surface area contributed by atoms with Gasteiger partial charge in [-0.1, -0.05) is 5.92 Å². The summed E-state index contributed by atoms with van der Waals surface area (Å²) >= 11 is 0. The average Bonchev–Trinajstić information content (AvgIpc) is 2.93. The van der Waals surface area contributed by atoms with Crippen molar-refractivity contribution in [3.8, 4) is 18.4 Å². The molecule has 0 spiro atoms. The Morgan fingerprint density at radius 1 is 1.50 bits per heavy atom. The zero-order chi connectivity index (χ0) is 8.82. The Morgan fingerprint density at radius 2 is 2.08 bits per heavy atom. The van der Waals surface area contributed by atoms with Gasteiger partial charge in [0.15, 0.2) is 0 Å². The molecule has 0 aromatic rings. The Balaban J connectivity index is 2.30. The number of nitriles is 1.